The molecule has 1 aromatic rings. The maximum atomic E-state index is 11.5. The molecule has 12 heavy (non-hydrogen) atoms. The fraction of sp³-hybridized carbons (Fsp3) is 0.500. The van der Waals surface area contributed by atoms with Crippen molar-refractivity contribution in [2.75, 3.05) is 0 Å². The highest BCUT2D eigenvalue weighted by Crippen LogP contribution is 2.29. The summed E-state index contributed by atoms with van der Waals surface area (Å²) in [6.45, 7) is 0. The number of halogens is 1. The van der Waals surface area contributed by atoms with Crippen LogP contribution in [0.1, 0.15) is 25.3 Å². The second kappa shape index (κ2) is 3.01. The summed E-state index contributed by atoms with van der Waals surface area (Å²) < 4.78 is 2.27. The summed E-state index contributed by atoms with van der Waals surface area (Å²) >= 11 is 3.17. The molecular weight excluding hydrogens is 220 g/mol. The molecule has 1 heterocycles. The zero-order chi connectivity index (χ0) is 8.55. The Labute approximate surface area is 78.6 Å². The number of hydrogen-bond acceptors (Lipinski definition) is 2. The summed E-state index contributed by atoms with van der Waals surface area (Å²) in [4.78, 5) is 15.4. The number of rotatable bonds is 1. The van der Waals surface area contributed by atoms with Gasteiger partial charge in [-0.25, -0.2) is 4.98 Å². The lowest BCUT2D eigenvalue weighted by Gasteiger charge is -2.26. The average molecular weight is 229 g/mol. The number of hydrogen-bond donors (Lipinski definition) is 0. The van der Waals surface area contributed by atoms with Gasteiger partial charge < -0.3 is 0 Å². The second-order valence-corrected chi connectivity index (χ2v) is 3.89. The Balaban J connectivity index is 2.43. The Morgan fingerprint density at radius 2 is 2.33 bits per heavy atom. The van der Waals surface area contributed by atoms with E-state index >= 15 is 0 Å². The van der Waals surface area contributed by atoms with E-state index in [0.29, 0.717) is 10.5 Å². The highest BCUT2D eigenvalue weighted by molar-refractivity contribution is 9.10. The van der Waals surface area contributed by atoms with Crippen molar-refractivity contribution in [3.8, 4) is 0 Å². The van der Waals surface area contributed by atoms with E-state index < -0.39 is 0 Å². The van der Waals surface area contributed by atoms with E-state index in [1.807, 2.05) is 0 Å². The van der Waals surface area contributed by atoms with Crippen LogP contribution in [0.4, 0.5) is 0 Å². The smallest absolute Gasteiger partial charge is 0.267 e. The van der Waals surface area contributed by atoms with E-state index in [0.717, 1.165) is 12.8 Å². The van der Waals surface area contributed by atoms with Crippen molar-refractivity contribution < 1.29 is 0 Å². The molecule has 0 radical (unpaired) electrons. The predicted molar refractivity (Wildman–Crippen MR) is 49.1 cm³/mol. The molecule has 1 aliphatic carbocycles. The van der Waals surface area contributed by atoms with Crippen molar-refractivity contribution in [3.05, 3.63) is 27.4 Å². The first-order valence-corrected chi connectivity index (χ1v) is 4.80. The molecule has 0 saturated heterocycles. The van der Waals surface area contributed by atoms with Crippen molar-refractivity contribution in [3.63, 3.8) is 0 Å². The number of nitrogens with zero attached hydrogens (tertiary/aromatic N) is 2. The maximum Gasteiger partial charge on any atom is 0.267 e. The van der Waals surface area contributed by atoms with Gasteiger partial charge in [0, 0.05) is 12.2 Å². The van der Waals surface area contributed by atoms with Gasteiger partial charge in [0.1, 0.15) is 4.47 Å². The summed E-state index contributed by atoms with van der Waals surface area (Å²) in [6.07, 6.45) is 6.61. The fourth-order valence-corrected chi connectivity index (χ4v) is 1.65. The van der Waals surface area contributed by atoms with Gasteiger partial charge in [-0.1, -0.05) is 0 Å². The van der Waals surface area contributed by atoms with E-state index in [9.17, 15) is 4.79 Å². The predicted octanol–water partition coefficient (Wildman–Crippen LogP) is 1.73. The van der Waals surface area contributed by atoms with Gasteiger partial charge in [0.2, 0.25) is 0 Å². The number of aromatic nitrogens is 2. The highest BCUT2D eigenvalue weighted by atomic mass is 79.9. The van der Waals surface area contributed by atoms with Gasteiger partial charge in [-0.15, -0.1) is 0 Å². The SMILES string of the molecule is O=c1c(Br)cncn1C1CCC1. The van der Waals surface area contributed by atoms with Gasteiger partial charge in [-0.05, 0) is 35.2 Å². The first-order chi connectivity index (χ1) is 5.79. The van der Waals surface area contributed by atoms with Crippen LogP contribution < -0.4 is 5.56 Å². The van der Waals surface area contributed by atoms with Crippen molar-refractivity contribution in [2.45, 2.75) is 25.3 Å². The van der Waals surface area contributed by atoms with Crippen molar-refractivity contribution in [2.24, 2.45) is 0 Å². The molecule has 0 amide bonds. The molecule has 4 heteroatoms. The molecular formula is C8H9BrN2O. The third-order valence-corrected chi connectivity index (χ3v) is 2.83. The molecule has 0 N–H and O–H groups in total. The van der Waals surface area contributed by atoms with Crippen molar-refractivity contribution >= 4 is 15.9 Å². The summed E-state index contributed by atoms with van der Waals surface area (Å²) in [5.74, 6) is 0. The van der Waals surface area contributed by atoms with Crippen LogP contribution in [0.15, 0.2) is 21.8 Å². The topological polar surface area (TPSA) is 34.9 Å². The highest BCUT2D eigenvalue weighted by Gasteiger charge is 2.20. The minimum Gasteiger partial charge on any atom is -0.295 e. The molecule has 64 valence electrons. The molecule has 0 atom stereocenters. The van der Waals surface area contributed by atoms with Crippen LogP contribution in [-0.2, 0) is 0 Å². The standard InChI is InChI=1S/C8H9BrN2O/c9-7-4-10-5-11(8(7)12)6-2-1-3-6/h4-6H,1-3H2. The summed E-state index contributed by atoms with van der Waals surface area (Å²) in [5.41, 5.74) is 0.0368. The second-order valence-electron chi connectivity index (χ2n) is 3.04. The minimum atomic E-state index is 0.0368. The molecule has 0 aromatic carbocycles. The molecule has 0 bridgehead atoms. The third kappa shape index (κ3) is 1.20. The quantitative estimate of drug-likeness (QED) is 0.734. The van der Waals surface area contributed by atoms with E-state index in [1.165, 1.54) is 12.6 Å². The molecule has 0 spiro atoms. The van der Waals surface area contributed by atoms with E-state index in [-0.39, 0.29) is 5.56 Å². The molecule has 0 aliphatic heterocycles. The van der Waals surface area contributed by atoms with Gasteiger partial charge in [0.25, 0.3) is 5.56 Å². The van der Waals surface area contributed by atoms with Gasteiger partial charge in [0.15, 0.2) is 0 Å². The lowest BCUT2D eigenvalue weighted by Crippen LogP contribution is -2.29. The Morgan fingerprint density at radius 1 is 1.58 bits per heavy atom. The van der Waals surface area contributed by atoms with Gasteiger partial charge >= 0.3 is 0 Å². The maximum absolute atomic E-state index is 11.5. The normalized spacial score (nSPS) is 17.4. The van der Waals surface area contributed by atoms with Crippen molar-refractivity contribution in [1.82, 2.24) is 9.55 Å². The van der Waals surface area contributed by atoms with E-state index in [2.05, 4.69) is 20.9 Å². The first kappa shape index (κ1) is 7.98. The third-order valence-electron chi connectivity index (χ3n) is 2.29. The molecule has 2 rings (SSSR count). The molecule has 1 aliphatic rings. The Morgan fingerprint density at radius 3 is 2.92 bits per heavy atom. The van der Waals surface area contributed by atoms with Crippen LogP contribution in [0.25, 0.3) is 0 Å². The average Bonchev–Trinajstić information content (AvgIpc) is 1.95. The summed E-state index contributed by atoms with van der Waals surface area (Å²) in [7, 11) is 0. The monoisotopic (exact) mass is 228 g/mol. The minimum absolute atomic E-state index is 0.0368. The summed E-state index contributed by atoms with van der Waals surface area (Å²) in [6, 6.07) is 0.391. The molecule has 3 nitrogen and oxygen atoms in total. The Bertz CT molecular complexity index is 343. The lowest BCUT2D eigenvalue weighted by atomic mass is 9.93. The van der Waals surface area contributed by atoms with Crippen LogP contribution in [-0.4, -0.2) is 9.55 Å². The Kier molecular flexibility index (Phi) is 2.00. The molecule has 1 aromatic heterocycles. The zero-order valence-electron chi connectivity index (χ0n) is 6.53. The molecule has 1 fully saturated rings. The fourth-order valence-electron chi connectivity index (χ4n) is 1.33. The summed E-state index contributed by atoms with van der Waals surface area (Å²) in [5, 5.41) is 0. The van der Waals surface area contributed by atoms with E-state index in [4.69, 9.17) is 0 Å². The van der Waals surface area contributed by atoms with Gasteiger partial charge in [-0.2, -0.15) is 0 Å². The Hall–Kier alpha value is -0.640. The largest absolute Gasteiger partial charge is 0.295 e. The van der Waals surface area contributed by atoms with Crippen LogP contribution in [0.5, 0.6) is 0 Å². The van der Waals surface area contributed by atoms with Crippen LogP contribution >= 0.6 is 15.9 Å². The first-order valence-electron chi connectivity index (χ1n) is 4.00. The van der Waals surface area contributed by atoms with Crippen LogP contribution in [0.2, 0.25) is 0 Å². The van der Waals surface area contributed by atoms with E-state index in [1.54, 1.807) is 10.9 Å². The molecule has 1 saturated carbocycles. The van der Waals surface area contributed by atoms with Crippen LogP contribution in [0.3, 0.4) is 0 Å². The van der Waals surface area contributed by atoms with Gasteiger partial charge in [-0.3, -0.25) is 9.36 Å². The van der Waals surface area contributed by atoms with Gasteiger partial charge in [0.05, 0.1) is 6.33 Å². The van der Waals surface area contributed by atoms with Crippen molar-refractivity contribution in [1.29, 1.82) is 0 Å². The molecule has 0 unspecified atom stereocenters. The zero-order valence-corrected chi connectivity index (χ0v) is 8.12. The van der Waals surface area contributed by atoms with Crippen LogP contribution in [0, 0.1) is 0 Å². The lowest BCUT2D eigenvalue weighted by molar-refractivity contribution is 0.303.